The predicted molar refractivity (Wildman–Crippen MR) is 123 cm³/mol. The zero-order valence-corrected chi connectivity index (χ0v) is 18.1. The summed E-state index contributed by atoms with van der Waals surface area (Å²) in [4.78, 5) is 36.5. The van der Waals surface area contributed by atoms with E-state index in [1.807, 2.05) is 0 Å². The van der Waals surface area contributed by atoms with E-state index < -0.39 is 17.8 Å². The number of nitrogens with one attached hydrogen (secondary N) is 2. The Kier molecular flexibility index (Phi) is 6.85. The highest BCUT2D eigenvalue weighted by molar-refractivity contribution is 6.31. The van der Waals surface area contributed by atoms with Gasteiger partial charge in [-0.1, -0.05) is 11.6 Å². The van der Waals surface area contributed by atoms with E-state index in [-0.39, 0.29) is 17.3 Å². The molecule has 10 heteroatoms. The topological polar surface area (TPSA) is 123 Å². The number of halogens is 1. The molecular weight excluding hydrogens is 462 g/mol. The van der Waals surface area contributed by atoms with Gasteiger partial charge in [-0.15, -0.1) is 0 Å². The molecule has 0 bridgehead atoms. The lowest BCUT2D eigenvalue weighted by atomic mass is 10.2. The van der Waals surface area contributed by atoms with Gasteiger partial charge in [-0.2, -0.15) is 5.10 Å². The van der Waals surface area contributed by atoms with Crippen LogP contribution in [0, 0.1) is 0 Å². The molecule has 0 spiro atoms. The molecule has 0 aliphatic carbocycles. The summed E-state index contributed by atoms with van der Waals surface area (Å²) in [5.41, 5.74) is 3.55. The van der Waals surface area contributed by atoms with E-state index >= 15 is 0 Å². The SMILES string of the molecule is O=C(N/N=C/c1cc(Cl)ccc1OC(=O)c1ccco1)c1ccc(NC(=O)c2ccco2)cc1. The number of hydrazone groups is 1. The average Bonchev–Trinajstić information content (AvgIpc) is 3.56. The van der Waals surface area contributed by atoms with Crippen LogP contribution < -0.4 is 15.5 Å². The monoisotopic (exact) mass is 477 g/mol. The van der Waals surface area contributed by atoms with E-state index in [9.17, 15) is 14.4 Å². The summed E-state index contributed by atoms with van der Waals surface area (Å²) >= 11 is 6.03. The van der Waals surface area contributed by atoms with Crippen molar-refractivity contribution in [1.29, 1.82) is 0 Å². The minimum Gasteiger partial charge on any atom is -0.459 e. The standard InChI is InChI=1S/C24H16ClN3O6/c25-17-7-10-19(34-24(31)21-4-2-12-33-21)16(13-17)14-26-28-22(29)15-5-8-18(9-6-15)27-23(30)20-3-1-11-32-20/h1-14H,(H,27,30)(H,28,29)/b26-14+. The molecule has 170 valence electrons. The Morgan fingerprint density at radius 1 is 0.882 bits per heavy atom. The number of anilines is 1. The van der Waals surface area contributed by atoms with Gasteiger partial charge in [-0.05, 0) is 66.7 Å². The Hall–Kier alpha value is -4.63. The average molecular weight is 478 g/mol. The highest BCUT2D eigenvalue weighted by Crippen LogP contribution is 2.22. The van der Waals surface area contributed by atoms with Crippen LogP contribution in [0.25, 0.3) is 0 Å². The fourth-order valence-electron chi connectivity index (χ4n) is 2.79. The maximum atomic E-state index is 12.4. The molecule has 2 heterocycles. The van der Waals surface area contributed by atoms with Crippen LogP contribution in [0.2, 0.25) is 5.02 Å². The van der Waals surface area contributed by atoms with Crippen LogP contribution in [-0.4, -0.2) is 24.0 Å². The molecule has 0 fully saturated rings. The molecule has 0 saturated carbocycles. The lowest BCUT2D eigenvalue weighted by Gasteiger charge is -2.07. The van der Waals surface area contributed by atoms with Gasteiger partial charge in [0.05, 0.1) is 18.7 Å². The maximum Gasteiger partial charge on any atom is 0.379 e. The molecule has 4 rings (SSSR count). The zero-order chi connectivity index (χ0) is 23.9. The van der Waals surface area contributed by atoms with Crippen LogP contribution >= 0.6 is 11.6 Å². The summed E-state index contributed by atoms with van der Waals surface area (Å²) in [6.07, 6.45) is 4.06. The van der Waals surface area contributed by atoms with Crippen molar-refractivity contribution in [2.24, 2.45) is 5.10 Å². The number of amides is 2. The van der Waals surface area contributed by atoms with Gasteiger partial charge in [0, 0.05) is 21.8 Å². The number of hydrogen-bond donors (Lipinski definition) is 2. The van der Waals surface area contributed by atoms with Crippen LogP contribution in [0.15, 0.2) is 93.2 Å². The summed E-state index contributed by atoms with van der Waals surface area (Å²) in [5.74, 6) is -1.19. The van der Waals surface area contributed by atoms with Crippen molar-refractivity contribution in [3.63, 3.8) is 0 Å². The molecule has 4 aromatic rings. The van der Waals surface area contributed by atoms with Gasteiger partial charge in [-0.3, -0.25) is 9.59 Å². The first kappa shape index (κ1) is 22.6. The Morgan fingerprint density at radius 3 is 2.26 bits per heavy atom. The Balaban J connectivity index is 1.38. The molecule has 9 nitrogen and oxygen atoms in total. The van der Waals surface area contributed by atoms with Gasteiger partial charge in [0.1, 0.15) is 5.75 Å². The van der Waals surface area contributed by atoms with Gasteiger partial charge < -0.3 is 18.9 Å². The van der Waals surface area contributed by atoms with Crippen LogP contribution in [0.1, 0.15) is 37.0 Å². The van der Waals surface area contributed by atoms with Crippen LogP contribution in [0.4, 0.5) is 5.69 Å². The van der Waals surface area contributed by atoms with E-state index in [2.05, 4.69) is 15.8 Å². The number of furan rings is 2. The number of carbonyl (C=O) groups excluding carboxylic acids is 3. The summed E-state index contributed by atoms with van der Waals surface area (Å²) in [6.45, 7) is 0. The van der Waals surface area contributed by atoms with Gasteiger partial charge in [0.2, 0.25) is 5.76 Å². The van der Waals surface area contributed by atoms with Gasteiger partial charge in [0.15, 0.2) is 5.76 Å². The minimum atomic E-state index is -0.690. The molecule has 0 radical (unpaired) electrons. The number of rotatable bonds is 7. The molecule has 0 aliphatic rings. The fourth-order valence-corrected chi connectivity index (χ4v) is 2.97. The second kappa shape index (κ2) is 10.3. The molecule has 2 aromatic heterocycles. The smallest absolute Gasteiger partial charge is 0.379 e. The number of esters is 1. The third-order valence-electron chi connectivity index (χ3n) is 4.42. The lowest BCUT2D eigenvalue weighted by Crippen LogP contribution is -2.18. The number of nitrogens with zero attached hydrogens (tertiary/aromatic N) is 1. The number of hydrogen-bond acceptors (Lipinski definition) is 7. The first-order valence-corrected chi connectivity index (χ1v) is 10.2. The molecular formula is C24H16ClN3O6. The Labute approximate surface area is 198 Å². The number of benzene rings is 2. The fraction of sp³-hybridized carbons (Fsp3) is 0. The van der Waals surface area contributed by atoms with Crippen molar-refractivity contribution < 1.29 is 28.0 Å². The predicted octanol–water partition coefficient (Wildman–Crippen LogP) is 4.76. The largest absolute Gasteiger partial charge is 0.459 e. The van der Waals surface area contributed by atoms with Gasteiger partial charge in [-0.25, -0.2) is 10.2 Å². The highest BCUT2D eigenvalue weighted by atomic mass is 35.5. The van der Waals surface area contributed by atoms with E-state index in [0.717, 1.165) is 0 Å². The zero-order valence-electron chi connectivity index (χ0n) is 17.4. The number of carbonyl (C=O) groups is 3. The minimum absolute atomic E-state index is 0.0370. The van der Waals surface area contributed by atoms with Crippen LogP contribution in [-0.2, 0) is 0 Å². The highest BCUT2D eigenvalue weighted by Gasteiger charge is 2.14. The van der Waals surface area contributed by atoms with Crippen molar-refractivity contribution in [1.82, 2.24) is 5.43 Å². The molecule has 0 unspecified atom stereocenters. The lowest BCUT2D eigenvalue weighted by molar-refractivity contribution is 0.0700. The summed E-state index contributed by atoms with van der Waals surface area (Å²) < 4.78 is 15.4. The second-order valence-corrected chi connectivity index (χ2v) is 7.19. The Bertz CT molecular complexity index is 1330. The molecule has 0 saturated heterocycles. The Morgan fingerprint density at radius 2 is 1.59 bits per heavy atom. The van der Waals surface area contributed by atoms with Crippen molar-refractivity contribution in [3.05, 3.63) is 107 Å². The summed E-state index contributed by atoms with van der Waals surface area (Å²) in [6, 6.07) is 17.0. The van der Waals surface area contributed by atoms with Crippen LogP contribution in [0.3, 0.4) is 0 Å². The molecule has 34 heavy (non-hydrogen) atoms. The van der Waals surface area contributed by atoms with Crippen molar-refractivity contribution >= 4 is 41.3 Å². The van der Waals surface area contributed by atoms with Crippen molar-refractivity contribution in [2.45, 2.75) is 0 Å². The normalized spacial score (nSPS) is 10.7. The first-order chi connectivity index (χ1) is 16.5. The molecule has 0 atom stereocenters. The summed E-state index contributed by atoms with van der Waals surface area (Å²) in [7, 11) is 0. The van der Waals surface area contributed by atoms with E-state index in [1.165, 1.54) is 49.1 Å². The molecule has 2 amide bonds. The third-order valence-corrected chi connectivity index (χ3v) is 4.65. The quantitative estimate of drug-likeness (QED) is 0.171. The van der Waals surface area contributed by atoms with Gasteiger partial charge >= 0.3 is 5.97 Å². The molecule has 2 aromatic carbocycles. The first-order valence-electron chi connectivity index (χ1n) is 9.83. The van der Waals surface area contributed by atoms with Crippen LogP contribution in [0.5, 0.6) is 5.75 Å². The maximum absolute atomic E-state index is 12.4. The van der Waals surface area contributed by atoms with Gasteiger partial charge in [0.25, 0.3) is 11.8 Å². The molecule has 2 N–H and O–H groups in total. The number of ether oxygens (including phenoxy) is 1. The summed E-state index contributed by atoms with van der Waals surface area (Å²) in [5, 5.41) is 6.96. The third kappa shape index (κ3) is 5.59. The second-order valence-electron chi connectivity index (χ2n) is 6.76. The van der Waals surface area contributed by atoms with E-state index in [4.69, 9.17) is 25.2 Å². The molecule has 0 aliphatic heterocycles. The van der Waals surface area contributed by atoms with E-state index in [1.54, 1.807) is 36.4 Å². The van der Waals surface area contributed by atoms with E-state index in [0.29, 0.717) is 21.8 Å². The van der Waals surface area contributed by atoms with Crippen molar-refractivity contribution in [2.75, 3.05) is 5.32 Å². The van der Waals surface area contributed by atoms with Crippen molar-refractivity contribution in [3.8, 4) is 5.75 Å².